The van der Waals surface area contributed by atoms with Crippen LogP contribution in [0.2, 0.25) is 0 Å². The van der Waals surface area contributed by atoms with Gasteiger partial charge in [0.25, 0.3) is 0 Å². The summed E-state index contributed by atoms with van der Waals surface area (Å²) in [7, 11) is 0. The van der Waals surface area contributed by atoms with Crippen molar-refractivity contribution in [3.63, 3.8) is 0 Å². The number of hydrogen-bond donors (Lipinski definition) is 1. The van der Waals surface area contributed by atoms with E-state index in [4.69, 9.17) is 0 Å². The molecule has 1 unspecified atom stereocenters. The summed E-state index contributed by atoms with van der Waals surface area (Å²) >= 11 is 0. The molecule has 1 aliphatic rings. The lowest BCUT2D eigenvalue weighted by Crippen LogP contribution is -2.43. The third kappa shape index (κ3) is 3.21. The molecule has 0 bridgehead atoms. The molecular weight excluding hydrogens is 300 g/mol. The fraction of sp³-hybridized carbons (Fsp3) is 0.474. The molecule has 0 aliphatic carbocycles. The second-order valence-corrected chi connectivity index (χ2v) is 7.05. The number of benzene rings is 1. The first kappa shape index (κ1) is 16.7. The van der Waals surface area contributed by atoms with Crippen LogP contribution in [0.1, 0.15) is 36.7 Å². The molecule has 5 nitrogen and oxygen atoms in total. The van der Waals surface area contributed by atoms with Crippen LogP contribution >= 0.6 is 0 Å². The van der Waals surface area contributed by atoms with Gasteiger partial charge in [0, 0.05) is 25.1 Å². The van der Waals surface area contributed by atoms with Gasteiger partial charge in [0.1, 0.15) is 6.07 Å². The number of likely N-dealkylation sites (tertiary alicyclic amines) is 1. The lowest BCUT2D eigenvalue weighted by Gasteiger charge is -2.39. The largest absolute Gasteiger partial charge is 0.396 e. The van der Waals surface area contributed by atoms with Crippen molar-refractivity contribution < 1.29 is 5.11 Å². The van der Waals surface area contributed by atoms with Gasteiger partial charge in [-0.3, -0.25) is 4.90 Å². The van der Waals surface area contributed by atoms with Crippen LogP contribution in [0.5, 0.6) is 0 Å². The second-order valence-electron chi connectivity index (χ2n) is 7.05. The lowest BCUT2D eigenvalue weighted by molar-refractivity contribution is 0.0420. The number of aromatic nitrogens is 2. The van der Waals surface area contributed by atoms with E-state index in [1.165, 1.54) is 0 Å². The van der Waals surface area contributed by atoms with E-state index in [0.29, 0.717) is 12.1 Å². The van der Waals surface area contributed by atoms with Crippen LogP contribution in [-0.4, -0.2) is 39.5 Å². The molecule has 0 spiro atoms. The van der Waals surface area contributed by atoms with Crippen LogP contribution in [0.25, 0.3) is 5.69 Å². The highest BCUT2D eigenvalue weighted by Gasteiger charge is 2.31. The highest BCUT2D eigenvalue weighted by Crippen LogP contribution is 2.30. The zero-order valence-corrected chi connectivity index (χ0v) is 14.4. The summed E-state index contributed by atoms with van der Waals surface area (Å²) in [6.45, 7) is 6.71. The van der Waals surface area contributed by atoms with E-state index < -0.39 is 0 Å². The van der Waals surface area contributed by atoms with E-state index in [1.54, 1.807) is 0 Å². The average Bonchev–Trinajstić information content (AvgIpc) is 2.91. The zero-order valence-electron chi connectivity index (χ0n) is 14.4. The molecule has 0 amide bonds. The quantitative estimate of drug-likeness (QED) is 0.939. The van der Waals surface area contributed by atoms with Crippen LogP contribution in [0.15, 0.2) is 30.3 Å². The zero-order chi connectivity index (χ0) is 17.2. The maximum absolute atomic E-state index is 9.68. The van der Waals surface area contributed by atoms with Gasteiger partial charge >= 0.3 is 0 Å². The van der Waals surface area contributed by atoms with Gasteiger partial charge < -0.3 is 5.11 Å². The minimum Gasteiger partial charge on any atom is -0.396 e. The number of hydrogen-bond acceptors (Lipinski definition) is 4. The predicted molar refractivity (Wildman–Crippen MR) is 92.7 cm³/mol. The third-order valence-corrected chi connectivity index (χ3v) is 4.88. The van der Waals surface area contributed by atoms with E-state index in [9.17, 15) is 10.4 Å². The van der Waals surface area contributed by atoms with Crippen LogP contribution in [0.4, 0.5) is 0 Å². The van der Waals surface area contributed by atoms with Gasteiger partial charge in [-0.05, 0) is 38.4 Å². The Kier molecular flexibility index (Phi) is 4.70. The molecule has 0 saturated carbocycles. The molecule has 24 heavy (non-hydrogen) atoms. The first-order chi connectivity index (χ1) is 11.6. The Bertz CT molecular complexity index is 747. The molecule has 1 atom stereocenters. The lowest BCUT2D eigenvalue weighted by atomic mass is 9.83. The number of aryl methyl sites for hydroxylation is 1. The number of nitriles is 1. The van der Waals surface area contributed by atoms with Crippen LogP contribution < -0.4 is 0 Å². The monoisotopic (exact) mass is 324 g/mol. The van der Waals surface area contributed by atoms with Crippen molar-refractivity contribution in [1.29, 1.82) is 5.26 Å². The summed E-state index contributed by atoms with van der Waals surface area (Å²) in [4.78, 5) is 2.33. The number of aliphatic hydroxyl groups excluding tert-OH is 1. The van der Waals surface area contributed by atoms with Crippen LogP contribution in [-0.2, 0) is 6.54 Å². The molecule has 1 fully saturated rings. The normalized spacial score (nSPS) is 21.6. The van der Waals surface area contributed by atoms with Crippen molar-refractivity contribution in [2.24, 2.45) is 5.41 Å². The van der Waals surface area contributed by atoms with Crippen molar-refractivity contribution in [3.05, 3.63) is 47.3 Å². The summed E-state index contributed by atoms with van der Waals surface area (Å²) in [6, 6.07) is 12.3. The molecule has 3 rings (SSSR count). The van der Waals surface area contributed by atoms with E-state index in [0.717, 1.165) is 43.0 Å². The Balaban J connectivity index is 1.94. The molecular formula is C19H24N4O. The Labute approximate surface area is 143 Å². The van der Waals surface area contributed by atoms with E-state index in [1.807, 2.05) is 41.9 Å². The van der Waals surface area contributed by atoms with Crippen LogP contribution in [0, 0.1) is 23.7 Å². The molecule has 1 aromatic carbocycles. The van der Waals surface area contributed by atoms with E-state index in [-0.39, 0.29) is 12.0 Å². The van der Waals surface area contributed by atoms with Gasteiger partial charge in [-0.15, -0.1) is 0 Å². The maximum atomic E-state index is 9.68. The summed E-state index contributed by atoms with van der Waals surface area (Å²) in [5.74, 6) is 0. The van der Waals surface area contributed by atoms with Crippen molar-refractivity contribution in [1.82, 2.24) is 14.7 Å². The maximum Gasteiger partial charge on any atom is 0.103 e. The van der Waals surface area contributed by atoms with Crippen LogP contribution in [0.3, 0.4) is 0 Å². The summed E-state index contributed by atoms with van der Waals surface area (Å²) in [6.07, 6.45) is 2.11. The number of rotatable bonds is 4. The van der Waals surface area contributed by atoms with Crippen molar-refractivity contribution in [3.8, 4) is 11.8 Å². The predicted octanol–water partition coefficient (Wildman–Crippen LogP) is 2.65. The molecule has 1 aromatic heterocycles. The second kappa shape index (κ2) is 6.76. The highest BCUT2D eigenvalue weighted by molar-refractivity contribution is 5.43. The number of nitrogens with zero attached hydrogens (tertiary/aromatic N) is 4. The van der Waals surface area contributed by atoms with Gasteiger partial charge in [-0.25, -0.2) is 4.68 Å². The van der Waals surface area contributed by atoms with Gasteiger partial charge in [0.2, 0.25) is 0 Å². The van der Waals surface area contributed by atoms with Crippen molar-refractivity contribution >= 4 is 0 Å². The fourth-order valence-corrected chi connectivity index (χ4v) is 3.55. The number of para-hydroxylation sites is 1. The molecule has 1 saturated heterocycles. The standard InChI is InChI=1S/C19H24N4O/c1-15-17(11-20)18(23(21-15)16-7-4-3-5-8-16)12-22-10-6-9-19(2,13-22)14-24/h3-5,7-8,24H,6,9-10,12-14H2,1-2H3. The molecule has 1 aliphatic heterocycles. The molecule has 126 valence electrons. The smallest absolute Gasteiger partial charge is 0.103 e. The Morgan fingerprint density at radius 2 is 2.08 bits per heavy atom. The third-order valence-electron chi connectivity index (χ3n) is 4.88. The highest BCUT2D eigenvalue weighted by atomic mass is 16.3. The number of piperidine rings is 1. The molecule has 5 heteroatoms. The van der Waals surface area contributed by atoms with E-state index in [2.05, 4.69) is 23.0 Å². The van der Waals surface area contributed by atoms with Gasteiger partial charge in [0.05, 0.1) is 22.6 Å². The van der Waals surface area contributed by atoms with Crippen molar-refractivity contribution in [2.75, 3.05) is 19.7 Å². The Hall–Kier alpha value is -2.16. The SMILES string of the molecule is Cc1nn(-c2ccccc2)c(CN2CCCC(C)(CO)C2)c1C#N. The Morgan fingerprint density at radius 3 is 2.75 bits per heavy atom. The minimum atomic E-state index is -0.0578. The fourth-order valence-electron chi connectivity index (χ4n) is 3.55. The molecule has 0 radical (unpaired) electrons. The van der Waals surface area contributed by atoms with Gasteiger partial charge in [0.15, 0.2) is 0 Å². The van der Waals surface area contributed by atoms with Gasteiger partial charge in [-0.1, -0.05) is 25.1 Å². The first-order valence-electron chi connectivity index (χ1n) is 8.43. The molecule has 2 heterocycles. The van der Waals surface area contributed by atoms with Crippen molar-refractivity contribution in [2.45, 2.75) is 33.2 Å². The topological polar surface area (TPSA) is 65.1 Å². The summed E-state index contributed by atoms with van der Waals surface area (Å²) in [5.41, 5.74) is 3.27. The van der Waals surface area contributed by atoms with Gasteiger partial charge in [-0.2, -0.15) is 10.4 Å². The minimum absolute atomic E-state index is 0.0578. The summed E-state index contributed by atoms with van der Waals surface area (Å²) in [5, 5.41) is 23.8. The average molecular weight is 324 g/mol. The molecule has 1 N–H and O–H groups in total. The van der Waals surface area contributed by atoms with E-state index >= 15 is 0 Å². The number of aliphatic hydroxyl groups is 1. The molecule has 2 aromatic rings. The summed E-state index contributed by atoms with van der Waals surface area (Å²) < 4.78 is 1.89. The Morgan fingerprint density at radius 1 is 1.33 bits per heavy atom. The first-order valence-corrected chi connectivity index (χ1v) is 8.43.